The van der Waals surface area contributed by atoms with Crippen LogP contribution in [0.2, 0.25) is 5.02 Å². The molecule has 2 rings (SSSR count). The molecule has 0 fully saturated rings. The van der Waals surface area contributed by atoms with Crippen LogP contribution < -0.4 is 5.32 Å². The summed E-state index contributed by atoms with van der Waals surface area (Å²) in [4.78, 5) is 24.6. The van der Waals surface area contributed by atoms with Crippen molar-refractivity contribution < 1.29 is 14.3 Å². The molecule has 0 spiro atoms. The number of hydrogen-bond acceptors (Lipinski definition) is 4. The van der Waals surface area contributed by atoms with Crippen LogP contribution in [0.25, 0.3) is 0 Å². The normalized spacial score (nSPS) is 12.0. The maximum atomic E-state index is 12.6. The highest BCUT2D eigenvalue weighted by atomic mass is 35.5. The lowest BCUT2D eigenvalue weighted by Gasteiger charge is -2.20. The highest BCUT2D eigenvalue weighted by Crippen LogP contribution is 2.29. The lowest BCUT2D eigenvalue weighted by Crippen LogP contribution is -2.24. The van der Waals surface area contributed by atoms with E-state index in [1.807, 2.05) is 26.0 Å². The summed E-state index contributed by atoms with van der Waals surface area (Å²) in [6.07, 6.45) is 0. The first-order valence-electron chi connectivity index (χ1n) is 7.17. The first-order chi connectivity index (χ1) is 10.9. The van der Waals surface area contributed by atoms with Gasteiger partial charge in [-0.3, -0.25) is 4.79 Å². The number of methoxy groups -OCH3 is 1. The SMILES string of the molecule is COC(=O)c1ccc(NC(=O)[C@H](c2ccc(Cl)cc2)C(C)C)s1. The Labute approximate surface area is 144 Å². The molecule has 0 saturated heterocycles. The van der Waals surface area contributed by atoms with Crippen molar-refractivity contribution in [1.29, 1.82) is 0 Å². The molecule has 1 amide bonds. The Morgan fingerprint density at radius 1 is 1.13 bits per heavy atom. The molecule has 0 unspecified atom stereocenters. The Morgan fingerprint density at radius 3 is 2.35 bits per heavy atom. The van der Waals surface area contributed by atoms with E-state index in [2.05, 4.69) is 10.1 Å². The third-order valence-corrected chi connectivity index (χ3v) is 4.65. The van der Waals surface area contributed by atoms with Crippen molar-refractivity contribution in [3.8, 4) is 0 Å². The number of rotatable bonds is 5. The molecule has 1 atom stereocenters. The van der Waals surface area contributed by atoms with E-state index < -0.39 is 5.97 Å². The van der Waals surface area contributed by atoms with Gasteiger partial charge in [-0.2, -0.15) is 0 Å². The monoisotopic (exact) mass is 351 g/mol. The van der Waals surface area contributed by atoms with Gasteiger partial charge in [0, 0.05) is 5.02 Å². The van der Waals surface area contributed by atoms with E-state index in [0.29, 0.717) is 14.9 Å². The van der Waals surface area contributed by atoms with Gasteiger partial charge in [0.2, 0.25) is 5.91 Å². The quantitative estimate of drug-likeness (QED) is 0.803. The maximum Gasteiger partial charge on any atom is 0.348 e. The van der Waals surface area contributed by atoms with Gasteiger partial charge >= 0.3 is 5.97 Å². The maximum absolute atomic E-state index is 12.6. The van der Waals surface area contributed by atoms with E-state index in [-0.39, 0.29) is 17.7 Å². The minimum atomic E-state index is -0.409. The van der Waals surface area contributed by atoms with Gasteiger partial charge in [0.05, 0.1) is 18.0 Å². The van der Waals surface area contributed by atoms with Gasteiger partial charge in [-0.05, 0) is 35.7 Å². The molecule has 0 aliphatic carbocycles. The van der Waals surface area contributed by atoms with E-state index in [1.165, 1.54) is 18.4 Å². The van der Waals surface area contributed by atoms with Gasteiger partial charge in [0.25, 0.3) is 0 Å². The summed E-state index contributed by atoms with van der Waals surface area (Å²) in [6, 6.07) is 10.6. The molecule has 0 aliphatic heterocycles. The van der Waals surface area contributed by atoms with Crippen LogP contribution in [0.5, 0.6) is 0 Å². The standard InChI is InChI=1S/C17H18ClNO3S/c1-10(2)15(11-4-6-12(18)7-5-11)16(20)19-14-9-8-13(23-14)17(21)22-3/h4-10,15H,1-3H3,(H,19,20)/t15-/m0/s1. The first kappa shape index (κ1) is 17.5. The zero-order valence-corrected chi connectivity index (χ0v) is 14.7. The number of amides is 1. The predicted octanol–water partition coefficient (Wildman–Crippen LogP) is 4.57. The zero-order valence-electron chi connectivity index (χ0n) is 13.1. The fourth-order valence-electron chi connectivity index (χ4n) is 2.32. The average Bonchev–Trinajstić information content (AvgIpc) is 2.96. The molecule has 1 aromatic heterocycles. The van der Waals surface area contributed by atoms with Gasteiger partial charge in [-0.15, -0.1) is 11.3 Å². The number of nitrogens with one attached hydrogen (secondary N) is 1. The molecule has 23 heavy (non-hydrogen) atoms. The molecule has 1 N–H and O–H groups in total. The second-order valence-corrected chi connectivity index (χ2v) is 6.94. The Kier molecular flexibility index (Phi) is 5.80. The van der Waals surface area contributed by atoms with Crippen LogP contribution in [0, 0.1) is 5.92 Å². The van der Waals surface area contributed by atoms with E-state index in [0.717, 1.165) is 5.56 Å². The van der Waals surface area contributed by atoms with E-state index in [4.69, 9.17) is 11.6 Å². The molecule has 4 nitrogen and oxygen atoms in total. The molecule has 6 heteroatoms. The summed E-state index contributed by atoms with van der Waals surface area (Å²) < 4.78 is 4.67. The van der Waals surface area contributed by atoms with Crippen LogP contribution in [0.1, 0.15) is 35.0 Å². The molecule has 0 saturated carbocycles. The van der Waals surface area contributed by atoms with Crippen molar-refractivity contribution in [2.45, 2.75) is 19.8 Å². The summed E-state index contributed by atoms with van der Waals surface area (Å²) in [5.41, 5.74) is 0.909. The Hall–Kier alpha value is -1.85. The van der Waals surface area contributed by atoms with Crippen molar-refractivity contribution in [3.63, 3.8) is 0 Å². The number of anilines is 1. The van der Waals surface area contributed by atoms with Gasteiger partial charge in [-0.1, -0.05) is 37.6 Å². The number of halogens is 1. The molecular weight excluding hydrogens is 334 g/mol. The second kappa shape index (κ2) is 7.62. The number of esters is 1. The van der Waals surface area contributed by atoms with Gasteiger partial charge in [-0.25, -0.2) is 4.79 Å². The number of benzene rings is 1. The molecule has 2 aromatic rings. The van der Waals surface area contributed by atoms with E-state index in [9.17, 15) is 9.59 Å². The third kappa shape index (κ3) is 4.33. The molecule has 1 aromatic carbocycles. The van der Waals surface area contributed by atoms with Crippen molar-refractivity contribution in [2.24, 2.45) is 5.92 Å². The molecule has 122 valence electrons. The highest BCUT2D eigenvalue weighted by molar-refractivity contribution is 7.18. The number of carbonyl (C=O) groups is 2. The van der Waals surface area contributed by atoms with Crippen LogP contribution in [0.3, 0.4) is 0 Å². The molecule has 0 bridgehead atoms. The Morgan fingerprint density at radius 2 is 1.78 bits per heavy atom. The zero-order chi connectivity index (χ0) is 17.0. The van der Waals surface area contributed by atoms with Crippen molar-refractivity contribution >= 4 is 39.8 Å². The summed E-state index contributed by atoms with van der Waals surface area (Å²) in [5.74, 6) is -0.693. The number of hydrogen-bond donors (Lipinski definition) is 1. The Balaban J connectivity index is 2.17. The molecule has 0 radical (unpaired) electrons. The van der Waals surface area contributed by atoms with Gasteiger partial charge in [0.1, 0.15) is 4.88 Å². The minimum absolute atomic E-state index is 0.111. The smallest absolute Gasteiger partial charge is 0.348 e. The largest absolute Gasteiger partial charge is 0.465 e. The fraction of sp³-hybridized carbons (Fsp3) is 0.294. The lowest BCUT2D eigenvalue weighted by molar-refractivity contribution is -0.118. The van der Waals surface area contributed by atoms with E-state index in [1.54, 1.807) is 24.3 Å². The van der Waals surface area contributed by atoms with Gasteiger partial charge in [0.15, 0.2) is 0 Å². The molecular formula is C17H18ClNO3S. The van der Waals surface area contributed by atoms with Crippen LogP contribution in [0.15, 0.2) is 36.4 Å². The number of carbonyl (C=O) groups excluding carboxylic acids is 2. The lowest BCUT2D eigenvalue weighted by atomic mass is 9.88. The minimum Gasteiger partial charge on any atom is -0.465 e. The van der Waals surface area contributed by atoms with Crippen molar-refractivity contribution in [2.75, 3.05) is 12.4 Å². The highest BCUT2D eigenvalue weighted by Gasteiger charge is 2.25. The fourth-order valence-corrected chi connectivity index (χ4v) is 3.28. The van der Waals surface area contributed by atoms with Crippen LogP contribution >= 0.6 is 22.9 Å². The van der Waals surface area contributed by atoms with Crippen LogP contribution in [0.4, 0.5) is 5.00 Å². The second-order valence-electron chi connectivity index (χ2n) is 5.42. The van der Waals surface area contributed by atoms with E-state index >= 15 is 0 Å². The summed E-state index contributed by atoms with van der Waals surface area (Å²) in [7, 11) is 1.33. The summed E-state index contributed by atoms with van der Waals surface area (Å²) >= 11 is 7.10. The molecule has 1 heterocycles. The topological polar surface area (TPSA) is 55.4 Å². The van der Waals surface area contributed by atoms with Crippen LogP contribution in [-0.2, 0) is 9.53 Å². The third-order valence-electron chi connectivity index (χ3n) is 3.42. The Bertz CT molecular complexity index is 694. The number of ether oxygens (including phenoxy) is 1. The van der Waals surface area contributed by atoms with Gasteiger partial charge < -0.3 is 10.1 Å². The van der Waals surface area contributed by atoms with Crippen molar-refractivity contribution in [1.82, 2.24) is 0 Å². The predicted molar refractivity (Wildman–Crippen MR) is 93.3 cm³/mol. The van der Waals surface area contributed by atoms with Crippen LogP contribution in [-0.4, -0.2) is 19.0 Å². The van der Waals surface area contributed by atoms with Crippen molar-refractivity contribution in [3.05, 3.63) is 51.9 Å². The average molecular weight is 352 g/mol. The molecule has 0 aliphatic rings. The summed E-state index contributed by atoms with van der Waals surface area (Å²) in [5, 5.41) is 4.13. The first-order valence-corrected chi connectivity index (χ1v) is 8.36. The number of thiophene rings is 1. The summed E-state index contributed by atoms with van der Waals surface area (Å²) in [6.45, 7) is 3.99.